The molecule has 2 heterocycles. The standard InChI is InChI=1S/C23H28N2O4.ClH/c1-15-12-20(16-6-5-11-24-14-16)29-23(27)21(15)22(26)25-17-7-4-10-19(13-17)28-18-8-2-3-9-18;/h4,7,10,12-13,16,18,24H,2-3,5-6,8-9,11,14H2,1H3,(H,25,26);1H. The van der Waals surface area contributed by atoms with Crippen molar-refractivity contribution in [2.75, 3.05) is 18.4 Å². The molecule has 2 aromatic rings. The quantitative estimate of drug-likeness (QED) is 0.731. The number of piperidine rings is 1. The third kappa shape index (κ3) is 5.24. The number of hydrogen-bond acceptors (Lipinski definition) is 5. The minimum Gasteiger partial charge on any atom is -0.490 e. The topological polar surface area (TPSA) is 80.6 Å². The molecule has 6 nitrogen and oxygen atoms in total. The second-order valence-electron chi connectivity index (χ2n) is 8.04. The number of aryl methyl sites for hydroxylation is 1. The molecule has 0 bridgehead atoms. The molecule has 2 N–H and O–H groups in total. The van der Waals surface area contributed by atoms with Gasteiger partial charge in [-0.1, -0.05) is 6.07 Å². The van der Waals surface area contributed by atoms with Gasteiger partial charge in [-0.2, -0.15) is 0 Å². The number of amides is 1. The number of carbonyl (C=O) groups excluding carboxylic acids is 1. The highest BCUT2D eigenvalue weighted by molar-refractivity contribution is 6.05. The van der Waals surface area contributed by atoms with Gasteiger partial charge in [-0.25, -0.2) is 4.79 Å². The van der Waals surface area contributed by atoms with E-state index in [0.29, 0.717) is 17.0 Å². The fraction of sp³-hybridized carbons (Fsp3) is 0.478. The number of nitrogens with one attached hydrogen (secondary N) is 2. The van der Waals surface area contributed by atoms with Crippen LogP contribution in [0.25, 0.3) is 0 Å². The van der Waals surface area contributed by atoms with E-state index in [4.69, 9.17) is 9.15 Å². The van der Waals surface area contributed by atoms with E-state index < -0.39 is 11.5 Å². The van der Waals surface area contributed by atoms with E-state index in [1.807, 2.05) is 18.2 Å². The van der Waals surface area contributed by atoms with Gasteiger partial charge in [0.1, 0.15) is 17.1 Å². The van der Waals surface area contributed by atoms with Crippen LogP contribution in [0.2, 0.25) is 0 Å². The third-order valence-corrected chi connectivity index (χ3v) is 5.79. The van der Waals surface area contributed by atoms with Crippen LogP contribution in [0, 0.1) is 6.92 Å². The molecule has 1 saturated carbocycles. The lowest BCUT2D eigenvalue weighted by Crippen LogP contribution is -2.30. The number of rotatable bonds is 5. The largest absolute Gasteiger partial charge is 0.490 e. The van der Waals surface area contributed by atoms with Gasteiger partial charge in [-0.3, -0.25) is 4.79 Å². The Morgan fingerprint density at radius 2 is 1.97 bits per heavy atom. The van der Waals surface area contributed by atoms with Crippen LogP contribution in [0.5, 0.6) is 5.75 Å². The molecule has 0 radical (unpaired) electrons. The van der Waals surface area contributed by atoms with E-state index in [9.17, 15) is 9.59 Å². The van der Waals surface area contributed by atoms with E-state index >= 15 is 0 Å². The lowest BCUT2D eigenvalue weighted by atomic mass is 9.95. The SMILES string of the molecule is Cc1cc(C2CCCNC2)oc(=O)c1C(=O)Nc1cccc(OC2CCCC2)c1.Cl. The predicted molar refractivity (Wildman–Crippen MR) is 119 cm³/mol. The summed E-state index contributed by atoms with van der Waals surface area (Å²) in [4.78, 5) is 25.3. The Labute approximate surface area is 182 Å². The van der Waals surface area contributed by atoms with Crippen molar-refractivity contribution in [3.05, 3.63) is 57.6 Å². The monoisotopic (exact) mass is 432 g/mol. The minimum absolute atomic E-state index is 0. The molecule has 1 aromatic heterocycles. The fourth-order valence-corrected chi connectivity index (χ4v) is 4.24. The average Bonchev–Trinajstić information content (AvgIpc) is 3.21. The van der Waals surface area contributed by atoms with Crippen LogP contribution in [-0.2, 0) is 0 Å². The molecule has 1 amide bonds. The van der Waals surface area contributed by atoms with E-state index in [0.717, 1.165) is 44.5 Å². The van der Waals surface area contributed by atoms with E-state index in [-0.39, 0.29) is 30.0 Å². The maximum atomic E-state index is 12.8. The highest BCUT2D eigenvalue weighted by Crippen LogP contribution is 2.27. The lowest BCUT2D eigenvalue weighted by molar-refractivity contribution is 0.102. The molecule has 162 valence electrons. The van der Waals surface area contributed by atoms with Crippen LogP contribution in [0.3, 0.4) is 0 Å². The predicted octanol–water partition coefficient (Wildman–Crippen LogP) is 4.41. The number of halogens is 1. The van der Waals surface area contributed by atoms with Gasteiger partial charge in [0.05, 0.1) is 6.10 Å². The molecule has 1 aliphatic carbocycles. The Balaban J connectivity index is 0.00000256. The van der Waals surface area contributed by atoms with Crippen LogP contribution < -0.4 is 21.0 Å². The number of anilines is 1. The van der Waals surface area contributed by atoms with E-state index in [1.54, 1.807) is 19.1 Å². The van der Waals surface area contributed by atoms with Gasteiger partial charge in [0.15, 0.2) is 0 Å². The minimum atomic E-state index is -0.582. The fourth-order valence-electron chi connectivity index (χ4n) is 4.24. The van der Waals surface area contributed by atoms with Gasteiger partial charge in [0.25, 0.3) is 5.91 Å². The van der Waals surface area contributed by atoms with Gasteiger partial charge >= 0.3 is 5.63 Å². The molecule has 4 rings (SSSR count). The normalized spacial score (nSPS) is 19.2. The molecule has 2 fully saturated rings. The zero-order valence-corrected chi connectivity index (χ0v) is 18.1. The van der Waals surface area contributed by atoms with Crippen molar-refractivity contribution in [1.82, 2.24) is 5.32 Å². The summed E-state index contributed by atoms with van der Waals surface area (Å²) in [5.41, 5.74) is 0.712. The Bertz CT molecular complexity index is 931. The highest BCUT2D eigenvalue weighted by Gasteiger charge is 2.23. The Morgan fingerprint density at radius 1 is 1.17 bits per heavy atom. The summed E-state index contributed by atoms with van der Waals surface area (Å²) in [6.45, 7) is 3.57. The lowest BCUT2D eigenvalue weighted by Gasteiger charge is -2.22. The first-order valence-corrected chi connectivity index (χ1v) is 10.5. The molecule has 7 heteroatoms. The van der Waals surface area contributed by atoms with Crippen LogP contribution in [-0.4, -0.2) is 25.1 Å². The van der Waals surface area contributed by atoms with Gasteiger partial charge in [0, 0.05) is 24.2 Å². The van der Waals surface area contributed by atoms with Crippen LogP contribution >= 0.6 is 12.4 Å². The summed E-state index contributed by atoms with van der Waals surface area (Å²) in [5.74, 6) is 1.11. The van der Waals surface area contributed by atoms with Crippen LogP contribution in [0.4, 0.5) is 5.69 Å². The highest BCUT2D eigenvalue weighted by atomic mass is 35.5. The van der Waals surface area contributed by atoms with E-state index in [1.165, 1.54) is 12.8 Å². The summed E-state index contributed by atoms with van der Waals surface area (Å²) in [7, 11) is 0. The summed E-state index contributed by atoms with van der Waals surface area (Å²) in [6, 6.07) is 9.15. The van der Waals surface area contributed by atoms with Crippen molar-refractivity contribution in [2.24, 2.45) is 0 Å². The molecule has 1 unspecified atom stereocenters. The van der Waals surface area contributed by atoms with Crippen LogP contribution in [0.1, 0.15) is 66.1 Å². The number of ether oxygens (including phenoxy) is 1. The van der Waals surface area contributed by atoms with Crippen molar-refractivity contribution in [2.45, 2.75) is 57.5 Å². The van der Waals surface area contributed by atoms with Crippen molar-refractivity contribution >= 4 is 24.0 Å². The summed E-state index contributed by atoms with van der Waals surface area (Å²) in [6.07, 6.45) is 6.81. The summed E-state index contributed by atoms with van der Waals surface area (Å²) in [5, 5.41) is 6.13. The van der Waals surface area contributed by atoms with Gasteiger partial charge in [0.2, 0.25) is 0 Å². The zero-order valence-electron chi connectivity index (χ0n) is 17.2. The first kappa shape index (κ1) is 22.4. The molecule has 1 aromatic carbocycles. The first-order chi connectivity index (χ1) is 14.1. The summed E-state index contributed by atoms with van der Waals surface area (Å²) < 4.78 is 11.5. The van der Waals surface area contributed by atoms with Crippen molar-refractivity contribution in [3.8, 4) is 5.75 Å². The Kier molecular flexibility index (Phi) is 7.56. The van der Waals surface area contributed by atoms with Crippen LogP contribution in [0.15, 0.2) is 39.5 Å². The summed E-state index contributed by atoms with van der Waals surface area (Å²) >= 11 is 0. The number of carbonyl (C=O) groups is 1. The molecule has 0 spiro atoms. The molecule has 1 saturated heterocycles. The molecule has 30 heavy (non-hydrogen) atoms. The average molecular weight is 433 g/mol. The molecular weight excluding hydrogens is 404 g/mol. The van der Waals surface area contributed by atoms with Crippen molar-refractivity contribution in [3.63, 3.8) is 0 Å². The second kappa shape index (κ2) is 10.1. The molecule has 2 aliphatic rings. The maximum Gasteiger partial charge on any atom is 0.349 e. The third-order valence-electron chi connectivity index (χ3n) is 5.79. The first-order valence-electron chi connectivity index (χ1n) is 10.5. The zero-order chi connectivity index (χ0) is 20.2. The van der Waals surface area contributed by atoms with E-state index in [2.05, 4.69) is 10.6 Å². The number of benzene rings is 1. The van der Waals surface area contributed by atoms with Crippen molar-refractivity contribution < 1.29 is 13.9 Å². The van der Waals surface area contributed by atoms with Gasteiger partial charge < -0.3 is 19.8 Å². The Hall–Kier alpha value is -2.31. The molecule has 1 atom stereocenters. The molecule has 1 aliphatic heterocycles. The number of hydrogen-bond donors (Lipinski definition) is 2. The van der Waals surface area contributed by atoms with Gasteiger partial charge in [-0.15, -0.1) is 12.4 Å². The Morgan fingerprint density at radius 3 is 2.67 bits per heavy atom. The molecular formula is C23H29ClN2O4. The maximum absolute atomic E-state index is 12.8. The van der Waals surface area contributed by atoms with Crippen molar-refractivity contribution in [1.29, 1.82) is 0 Å². The smallest absolute Gasteiger partial charge is 0.349 e. The van der Waals surface area contributed by atoms with Gasteiger partial charge in [-0.05, 0) is 75.8 Å². The second-order valence-corrected chi connectivity index (χ2v) is 8.04.